The Bertz CT molecular complexity index is 1020. The second-order valence-electron chi connectivity index (χ2n) is 9.51. The number of piperidine rings is 1. The van der Waals surface area contributed by atoms with Crippen molar-refractivity contribution in [1.82, 2.24) is 14.7 Å². The fourth-order valence-electron chi connectivity index (χ4n) is 5.90. The Morgan fingerprint density at radius 1 is 1.31 bits per heavy atom. The molecule has 1 aromatic rings. The Labute approximate surface area is 186 Å². The number of carboxylic acid groups (broad SMARTS) is 1. The molecule has 1 aromatic carbocycles. The summed E-state index contributed by atoms with van der Waals surface area (Å²) in [6.45, 7) is 2.85. The van der Waals surface area contributed by atoms with Gasteiger partial charge < -0.3 is 20.6 Å². The van der Waals surface area contributed by atoms with Crippen LogP contribution in [0.15, 0.2) is 24.3 Å². The molecule has 9 nitrogen and oxygen atoms in total. The second kappa shape index (κ2) is 7.57. The Hall–Kier alpha value is -2.96. The van der Waals surface area contributed by atoms with Crippen LogP contribution in [0.1, 0.15) is 48.1 Å². The average Bonchev–Trinajstić information content (AvgIpc) is 3.11. The van der Waals surface area contributed by atoms with Crippen molar-refractivity contribution in [3.63, 3.8) is 0 Å². The lowest BCUT2D eigenvalue weighted by atomic mass is 10.0. The van der Waals surface area contributed by atoms with Crippen molar-refractivity contribution in [2.45, 2.75) is 62.4 Å². The van der Waals surface area contributed by atoms with E-state index in [2.05, 4.69) is 6.07 Å². The first-order valence-electron chi connectivity index (χ1n) is 11.2. The van der Waals surface area contributed by atoms with E-state index in [1.165, 1.54) is 6.07 Å². The van der Waals surface area contributed by atoms with E-state index in [1.807, 2.05) is 22.8 Å². The molecule has 3 aliphatic heterocycles. The molecular weight excluding hydrogens is 410 g/mol. The highest BCUT2D eigenvalue weighted by molar-refractivity contribution is 5.89. The van der Waals surface area contributed by atoms with Crippen LogP contribution in [0.25, 0.3) is 0 Å². The van der Waals surface area contributed by atoms with Gasteiger partial charge in [0.05, 0.1) is 29.8 Å². The molecule has 7 atom stereocenters. The minimum atomic E-state index is -0.993. The van der Waals surface area contributed by atoms with E-state index < -0.39 is 12.0 Å². The van der Waals surface area contributed by atoms with Crippen LogP contribution in [-0.2, 0) is 9.59 Å². The summed E-state index contributed by atoms with van der Waals surface area (Å²) in [7, 11) is 0. The van der Waals surface area contributed by atoms with Crippen LogP contribution in [0, 0.1) is 17.2 Å². The largest absolute Gasteiger partial charge is 0.478 e. The number of fused-ring (bicyclic) bond motifs is 3. The summed E-state index contributed by atoms with van der Waals surface area (Å²) in [5, 5.41) is 18.6. The fourth-order valence-corrected chi connectivity index (χ4v) is 5.90. The Kier molecular flexibility index (Phi) is 4.95. The molecule has 168 valence electrons. The van der Waals surface area contributed by atoms with E-state index in [-0.39, 0.29) is 47.6 Å². The second-order valence-corrected chi connectivity index (χ2v) is 9.51. The van der Waals surface area contributed by atoms with Crippen LogP contribution >= 0.6 is 0 Å². The Morgan fingerprint density at radius 3 is 2.78 bits per heavy atom. The van der Waals surface area contributed by atoms with Crippen LogP contribution in [0.4, 0.5) is 0 Å². The Morgan fingerprint density at radius 2 is 2.09 bits per heavy atom. The zero-order valence-electron chi connectivity index (χ0n) is 17.9. The van der Waals surface area contributed by atoms with Gasteiger partial charge in [-0.2, -0.15) is 5.26 Å². The number of nitrogens with two attached hydrogens (primary N) is 1. The van der Waals surface area contributed by atoms with Crippen molar-refractivity contribution in [2.75, 3.05) is 13.1 Å². The molecule has 2 amide bonds. The molecule has 9 heteroatoms. The van der Waals surface area contributed by atoms with Crippen molar-refractivity contribution >= 4 is 17.8 Å². The van der Waals surface area contributed by atoms with Crippen molar-refractivity contribution in [3.8, 4) is 6.07 Å². The van der Waals surface area contributed by atoms with Crippen molar-refractivity contribution in [2.24, 2.45) is 11.7 Å². The van der Waals surface area contributed by atoms with Crippen molar-refractivity contribution in [1.29, 1.82) is 5.26 Å². The number of hydrogen-bond acceptors (Lipinski definition) is 6. The molecule has 1 aliphatic carbocycles. The van der Waals surface area contributed by atoms with Gasteiger partial charge in [0.15, 0.2) is 0 Å². The van der Waals surface area contributed by atoms with Gasteiger partial charge in [0.1, 0.15) is 6.04 Å². The molecule has 32 heavy (non-hydrogen) atoms. The van der Waals surface area contributed by atoms with E-state index in [1.54, 1.807) is 17.0 Å². The zero-order chi connectivity index (χ0) is 22.7. The number of hydrogen-bond donors (Lipinski definition) is 2. The SMILES string of the molecule is C[C@H](c1cccc(C(=O)O)c1)N1C(=O)[C@@H]2C[C@H]1CN2C[C@H](N)C(=O)N1[C@H](C#N)C[C@@H]2C[C@@H]21. The van der Waals surface area contributed by atoms with Crippen molar-refractivity contribution in [3.05, 3.63) is 35.4 Å². The van der Waals surface area contributed by atoms with Crippen LogP contribution in [0.2, 0.25) is 0 Å². The molecular formula is C23H27N5O4. The standard InChI is InChI=1S/C23H27N5O4/c1-12(13-3-2-4-14(5-13)23(31)32)27-17-8-20(22(27)30)26(10-17)11-18(25)21(29)28-16(9-24)6-15-7-19(15)28/h2-5,12,15-20H,6-8,10-11,25H2,1H3,(H,31,32)/t12-,15-,16+,17+,18+,19+,20+/m1/s1. The number of rotatable bonds is 6. The topological polar surface area (TPSA) is 131 Å². The lowest BCUT2D eigenvalue weighted by Crippen LogP contribution is -2.57. The summed E-state index contributed by atoms with van der Waals surface area (Å²) in [6, 6.07) is 7.39. The van der Waals surface area contributed by atoms with Crippen LogP contribution in [-0.4, -0.2) is 80.9 Å². The highest BCUT2D eigenvalue weighted by atomic mass is 16.4. The molecule has 4 aliphatic rings. The maximum absolute atomic E-state index is 13.2. The summed E-state index contributed by atoms with van der Waals surface area (Å²) in [4.78, 5) is 42.9. The van der Waals surface area contributed by atoms with E-state index in [9.17, 15) is 24.8 Å². The number of likely N-dealkylation sites (tertiary alicyclic amines) is 3. The molecule has 3 heterocycles. The third-order valence-electron chi connectivity index (χ3n) is 7.60. The maximum atomic E-state index is 13.2. The normalized spacial score (nSPS) is 32.5. The van der Waals surface area contributed by atoms with Crippen LogP contribution in [0.5, 0.6) is 0 Å². The first-order valence-corrected chi connectivity index (χ1v) is 11.2. The average molecular weight is 438 g/mol. The number of nitriles is 1. The van der Waals surface area contributed by atoms with Gasteiger partial charge in [0.2, 0.25) is 11.8 Å². The van der Waals surface area contributed by atoms with Gasteiger partial charge in [0, 0.05) is 25.2 Å². The van der Waals surface area contributed by atoms with Gasteiger partial charge in [-0.25, -0.2) is 4.79 Å². The predicted octanol–water partition coefficient (Wildman–Crippen LogP) is 0.571. The summed E-state index contributed by atoms with van der Waals surface area (Å²) in [5.74, 6) is -0.748. The molecule has 0 radical (unpaired) electrons. The quantitative estimate of drug-likeness (QED) is 0.665. The van der Waals surface area contributed by atoms with E-state index >= 15 is 0 Å². The molecule has 1 saturated carbocycles. The molecule has 5 rings (SSSR count). The van der Waals surface area contributed by atoms with Gasteiger partial charge in [-0.3, -0.25) is 14.5 Å². The molecule has 3 N–H and O–H groups in total. The highest BCUT2D eigenvalue weighted by Gasteiger charge is 2.56. The Balaban J connectivity index is 1.24. The number of benzene rings is 1. The molecule has 4 fully saturated rings. The molecule has 2 bridgehead atoms. The number of carbonyl (C=O) groups excluding carboxylic acids is 2. The number of carboxylic acids is 1. The zero-order valence-corrected chi connectivity index (χ0v) is 17.9. The first-order chi connectivity index (χ1) is 15.3. The van der Waals surface area contributed by atoms with Gasteiger partial charge in [-0.15, -0.1) is 0 Å². The monoisotopic (exact) mass is 437 g/mol. The summed E-state index contributed by atoms with van der Waals surface area (Å²) in [5.41, 5.74) is 7.25. The van der Waals surface area contributed by atoms with Crippen LogP contribution in [0.3, 0.4) is 0 Å². The number of piperazine rings is 1. The van der Waals surface area contributed by atoms with E-state index in [0.29, 0.717) is 25.4 Å². The summed E-state index contributed by atoms with van der Waals surface area (Å²) >= 11 is 0. The first kappa shape index (κ1) is 20.9. The van der Waals surface area contributed by atoms with Gasteiger partial charge >= 0.3 is 5.97 Å². The van der Waals surface area contributed by atoms with Gasteiger partial charge in [0.25, 0.3) is 0 Å². The molecule has 3 saturated heterocycles. The molecule has 0 unspecified atom stereocenters. The number of amides is 2. The minimum absolute atomic E-state index is 0.00439. The van der Waals surface area contributed by atoms with Gasteiger partial charge in [-0.05, 0) is 49.8 Å². The number of nitrogens with zero attached hydrogens (tertiary/aromatic N) is 4. The highest BCUT2D eigenvalue weighted by Crippen LogP contribution is 2.48. The number of carbonyl (C=O) groups is 3. The minimum Gasteiger partial charge on any atom is -0.478 e. The summed E-state index contributed by atoms with van der Waals surface area (Å²) < 4.78 is 0. The van der Waals surface area contributed by atoms with Gasteiger partial charge in [-0.1, -0.05) is 12.1 Å². The van der Waals surface area contributed by atoms with Crippen LogP contribution < -0.4 is 5.73 Å². The fraction of sp³-hybridized carbons (Fsp3) is 0.565. The molecule has 0 spiro atoms. The van der Waals surface area contributed by atoms with E-state index in [0.717, 1.165) is 18.4 Å². The maximum Gasteiger partial charge on any atom is 0.335 e. The van der Waals surface area contributed by atoms with Crippen molar-refractivity contribution < 1.29 is 19.5 Å². The third-order valence-corrected chi connectivity index (χ3v) is 7.60. The third kappa shape index (κ3) is 3.26. The lowest BCUT2D eigenvalue weighted by molar-refractivity contribution is -0.141. The lowest BCUT2D eigenvalue weighted by Gasteiger charge is -2.38. The predicted molar refractivity (Wildman–Crippen MR) is 113 cm³/mol. The number of aromatic carboxylic acids is 1. The molecule has 0 aromatic heterocycles. The summed E-state index contributed by atoms with van der Waals surface area (Å²) in [6.07, 6.45) is 2.37. The van der Waals surface area contributed by atoms with E-state index in [4.69, 9.17) is 5.73 Å². The smallest absolute Gasteiger partial charge is 0.335 e.